The molecule has 0 aliphatic carbocycles. The predicted octanol–water partition coefficient (Wildman–Crippen LogP) is 2.89. The summed E-state index contributed by atoms with van der Waals surface area (Å²) in [5.41, 5.74) is 2.22. The Hall–Kier alpha value is -2.50. The number of rotatable bonds is 4. The van der Waals surface area contributed by atoms with Gasteiger partial charge in [0.05, 0.1) is 6.61 Å². The summed E-state index contributed by atoms with van der Waals surface area (Å²) in [6, 6.07) is 7.81. The molecular formula is C18H25N3O3. The van der Waals surface area contributed by atoms with Gasteiger partial charge in [0.15, 0.2) is 0 Å². The topological polar surface area (TPSA) is 70.7 Å². The zero-order chi connectivity index (χ0) is 17.4. The highest BCUT2D eigenvalue weighted by atomic mass is 16.6. The van der Waals surface area contributed by atoms with E-state index in [-0.39, 0.29) is 18.2 Å². The maximum Gasteiger partial charge on any atom is 0.409 e. The van der Waals surface area contributed by atoms with Crippen LogP contribution in [0.5, 0.6) is 0 Å². The summed E-state index contributed by atoms with van der Waals surface area (Å²) < 4.78 is 4.98. The lowest BCUT2D eigenvalue weighted by Gasteiger charge is -2.31. The molecule has 0 unspecified atom stereocenters. The average molecular weight is 331 g/mol. The van der Waals surface area contributed by atoms with Crippen molar-refractivity contribution < 1.29 is 14.3 Å². The number of likely N-dealkylation sites (tertiary alicyclic amines) is 1. The van der Waals surface area contributed by atoms with Crippen LogP contribution in [0.1, 0.15) is 30.9 Å². The third-order valence-electron chi connectivity index (χ3n) is 4.02. The first kappa shape index (κ1) is 17.8. The van der Waals surface area contributed by atoms with Gasteiger partial charge >= 0.3 is 12.1 Å². The molecular weight excluding hydrogens is 306 g/mol. The zero-order valence-corrected chi connectivity index (χ0v) is 14.2. The molecule has 6 heteroatoms. The highest BCUT2D eigenvalue weighted by Gasteiger charge is 2.24. The van der Waals surface area contributed by atoms with E-state index in [1.807, 2.05) is 37.3 Å². The summed E-state index contributed by atoms with van der Waals surface area (Å²) in [5, 5.41) is 5.66. The number of benzene rings is 1. The molecule has 6 nitrogen and oxygen atoms in total. The van der Waals surface area contributed by atoms with Gasteiger partial charge in [-0.1, -0.05) is 24.3 Å². The van der Waals surface area contributed by atoms with E-state index >= 15 is 0 Å². The van der Waals surface area contributed by atoms with E-state index in [0.29, 0.717) is 19.7 Å². The van der Waals surface area contributed by atoms with Crippen LogP contribution in [0.2, 0.25) is 0 Å². The van der Waals surface area contributed by atoms with Crippen molar-refractivity contribution in [2.45, 2.75) is 32.7 Å². The Morgan fingerprint density at radius 3 is 2.67 bits per heavy atom. The number of hydrogen-bond acceptors (Lipinski definition) is 3. The van der Waals surface area contributed by atoms with E-state index in [2.05, 4.69) is 10.6 Å². The molecule has 1 aromatic rings. The van der Waals surface area contributed by atoms with Crippen molar-refractivity contribution in [3.05, 3.63) is 41.6 Å². The number of ether oxygens (including phenoxy) is 1. The van der Waals surface area contributed by atoms with Gasteiger partial charge in [-0.25, -0.2) is 9.59 Å². The number of nitrogens with zero attached hydrogens (tertiary/aromatic N) is 1. The molecule has 1 aliphatic rings. The molecule has 130 valence electrons. The van der Waals surface area contributed by atoms with E-state index in [0.717, 1.165) is 24.0 Å². The molecule has 1 aliphatic heterocycles. The number of nitrogens with one attached hydrogen (secondary N) is 2. The minimum absolute atomic E-state index is 0.0718. The van der Waals surface area contributed by atoms with Crippen molar-refractivity contribution in [2.24, 2.45) is 0 Å². The Bertz CT molecular complexity index is 593. The van der Waals surface area contributed by atoms with Crippen molar-refractivity contribution in [2.75, 3.05) is 19.7 Å². The van der Waals surface area contributed by atoms with Crippen molar-refractivity contribution in [3.8, 4) is 0 Å². The molecule has 0 saturated carbocycles. The second-order valence-electron chi connectivity index (χ2n) is 5.77. The third kappa shape index (κ3) is 5.30. The Balaban J connectivity index is 1.72. The maximum atomic E-state index is 11.9. The molecule has 0 aromatic heterocycles. The smallest absolute Gasteiger partial charge is 0.409 e. The molecule has 0 radical (unpaired) electrons. The summed E-state index contributed by atoms with van der Waals surface area (Å²) in [5.74, 6) is 0. The van der Waals surface area contributed by atoms with E-state index in [9.17, 15) is 9.59 Å². The number of hydrogen-bond donors (Lipinski definition) is 2. The summed E-state index contributed by atoms with van der Waals surface area (Å²) in [6.45, 7) is 5.40. The Labute approximate surface area is 142 Å². The Morgan fingerprint density at radius 1 is 1.29 bits per heavy atom. The lowest BCUT2D eigenvalue weighted by Crippen LogP contribution is -2.48. The van der Waals surface area contributed by atoms with Crippen LogP contribution in [0.3, 0.4) is 0 Å². The zero-order valence-electron chi connectivity index (χ0n) is 14.2. The largest absolute Gasteiger partial charge is 0.450 e. The Morgan fingerprint density at radius 2 is 2.00 bits per heavy atom. The van der Waals surface area contributed by atoms with Gasteiger partial charge in [0.2, 0.25) is 0 Å². The number of carbonyl (C=O) groups is 2. The van der Waals surface area contributed by atoms with Crippen LogP contribution < -0.4 is 10.6 Å². The van der Waals surface area contributed by atoms with E-state index in [1.54, 1.807) is 18.0 Å². The number of aryl methyl sites for hydroxylation is 1. The molecule has 2 rings (SSSR count). The van der Waals surface area contributed by atoms with Crippen molar-refractivity contribution in [1.82, 2.24) is 15.5 Å². The molecule has 1 heterocycles. The van der Waals surface area contributed by atoms with E-state index in [1.165, 1.54) is 0 Å². The second-order valence-corrected chi connectivity index (χ2v) is 5.77. The second kappa shape index (κ2) is 8.96. The standard InChI is InChI=1S/C18H25N3O3/c1-3-24-18(23)21-12-9-16(10-13-21)20-17(22)19-11-8-15-7-5-4-6-14(15)2/h4-8,11,16H,3,9-10,12-13H2,1-2H3,(H2,19,20,22)/b11-8+. The normalized spacial score (nSPS) is 15.3. The Kier molecular flexibility index (Phi) is 6.66. The fourth-order valence-corrected chi connectivity index (χ4v) is 2.63. The lowest BCUT2D eigenvalue weighted by molar-refractivity contribution is 0.0958. The van der Waals surface area contributed by atoms with Crippen LogP contribution >= 0.6 is 0 Å². The molecule has 1 fully saturated rings. The van der Waals surface area contributed by atoms with Crippen LogP contribution in [0.25, 0.3) is 6.08 Å². The van der Waals surface area contributed by atoms with Crippen LogP contribution in [0.15, 0.2) is 30.5 Å². The van der Waals surface area contributed by atoms with Crippen LogP contribution in [0, 0.1) is 6.92 Å². The van der Waals surface area contributed by atoms with Crippen LogP contribution in [0.4, 0.5) is 9.59 Å². The van der Waals surface area contributed by atoms with Gasteiger partial charge in [-0.2, -0.15) is 0 Å². The maximum absolute atomic E-state index is 11.9. The van der Waals surface area contributed by atoms with Gasteiger partial charge in [0.1, 0.15) is 0 Å². The first-order valence-corrected chi connectivity index (χ1v) is 8.31. The highest BCUT2D eigenvalue weighted by molar-refractivity contribution is 5.76. The van der Waals surface area contributed by atoms with E-state index < -0.39 is 0 Å². The molecule has 2 N–H and O–H groups in total. The van der Waals surface area contributed by atoms with Gasteiger partial charge in [-0.05, 0) is 43.9 Å². The lowest BCUT2D eigenvalue weighted by atomic mass is 10.1. The summed E-state index contributed by atoms with van der Waals surface area (Å²) in [6.07, 6.45) is 4.70. The molecule has 3 amide bonds. The molecule has 1 aromatic carbocycles. The van der Waals surface area contributed by atoms with Gasteiger partial charge in [-0.3, -0.25) is 0 Å². The summed E-state index contributed by atoms with van der Waals surface area (Å²) in [4.78, 5) is 25.2. The minimum Gasteiger partial charge on any atom is -0.450 e. The fourth-order valence-electron chi connectivity index (χ4n) is 2.63. The predicted molar refractivity (Wildman–Crippen MR) is 93.5 cm³/mol. The molecule has 0 atom stereocenters. The average Bonchev–Trinajstić information content (AvgIpc) is 2.57. The monoisotopic (exact) mass is 331 g/mol. The molecule has 1 saturated heterocycles. The summed E-state index contributed by atoms with van der Waals surface area (Å²) in [7, 11) is 0. The molecule has 0 bridgehead atoms. The van der Waals surface area contributed by atoms with Crippen molar-refractivity contribution in [3.63, 3.8) is 0 Å². The highest BCUT2D eigenvalue weighted by Crippen LogP contribution is 2.11. The molecule has 0 spiro atoms. The van der Waals surface area contributed by atoms with Gasteiger partial charge in [-0.15, -0.1) is 0 Å². The van der Waals surface area contributed by atoms with Gasteiger partial charge in [0, 0.05) is 25.3 Å². The number of piperidine rings is 1. The molecule has 24 heavy (non-hydrogen) atoms. The minimum atomic E-state index is -0.276. The van der Waals surface area contributed by atoms with Crippen LogP contribution in [-0.4, -0.2) is 42.8 Å². The third-order valence-corrected chi connectivity index (χ3v) is 4.02. The van der Waals surface area contributed by atoms with E-state index in [4.69, 9.17) is 4.74 Å². The van der Waals surface area contributed by atoms with Gasteiger partial charge < -0.3 is 20.3 Å². The van der Waals surface area contributed by atoms with Crippen molar-refractivity contribution >= 4 is 18.2 Å². The number of carbonyl (C=O) groups excluding carboxylic acids is 2. The summed E-state index contributed by atoms with van der Waals surface area (Å²) >= 11 is 0. The first-order valence-electron chi connectivity index (χ1n) is 8.31. The van der Waals surface area contributed by atoms with Crippen LogP contribution in [-0.2, 0) is 4.74 Å². The quantitative estimate of drug-likeness (QED) is 0.891. The first-order chi connectivity index (χ1) is 11.6. The number of urea groups is 1. The fraction of sp³-hybridized carbons (Fsp3) is 0.444. The van der Waals surface area contributed by atoms with Crippen molar-refractivity contribution in [1.29, 1.82) is 0 Å². The van der Waals surface area contributed by atoms with Gasteiger partial charge in [0.25, 0.3) is 0 Å². The number of amides is 3. The SMILES string of the molecule is CCOC(=O)N1CCC(NC(=O)N/C=C/c2ccccc2C)CC1.